The highest BCUT2D eigenvalue weighted by Crippen LogP contribution is 2.57. The van der Waals surface area contributed by atoms with Crippen LogP contribution in [0.5, 0.6) is 0 Å². The zero-order valence-electron chi connectivity index (χ0n) is 9.19. The van der Waals surface area contributed by atoms with E-state index < -0.39 is 0 Å². The molecular formula is C12H24. The SMILES string of the molecule is CCC(C)CC1(C(C)CC)CC1. The molecule has 0 nitrogen and oxygen atoms in total. The Labute approximate surface area is 77.7 Å². The van der Waals surface area contributed by atoms with E-state index in [4.69, 9.17) is 0 Å². The third kappa shape index (κ3) is 2.02. The summed E-state index contributed by atoms with van der Waals surface area (Å²) in [5.41, 5.74) is 0.782. The van der Waals surface area contributed by atoms with Gasteiger partial charge in [0.2, 0.25) is 0 Å². The van der Waals surface area contributed by atoms with Crippen LogP contribution in [0.15, 0.2) is 0 Å². The van der Waals surface area contributed by atoms with Gasteiger partial charge in [0, 0.05) is 0 Å². The monoisotopic (exact) mass is 168 g/mol. The lowest BCUT2D eigenvalue weighted by Crippen LogP contribution is -2.15. The van der Waals surface area contributed by atoms with Crippen molar-refractivity contribution in [1.29, 1.82) is 0 Å². The standard InChI is InChI=1S/C12H24/c1-5-10(3)9-12(7-8-12)11(4)6-2/h10-11H,5-9H2,1-4H3. The van der Waals surface area contributed by atoms with E-state index in [1.807, 2.05) is 0 Å². The quantitative estimate of drug-likeness (QED) is 0.575. The molecule has 0 amide bonds. The van der Waals surface area contributed by atoms with Crippen molar-refractivity contribution in [3.63, 3.8) is 0 Å². The molecule has 0 N–H and O–H groups in total. The van der Waals surface area contributed by atoms with Crippen molar-refractivity contribution in [2.45, 2.75) is 59.8 Å². The van der Waals surface area contributed by atoms with Crippen molar-refractivity contribution in [2.24, 2.45) is 17.3 Å². The van der Waals surface area contributed by atoms with Crippen LogP contribution >= 0.6 is 0 Å². The Bertz CT molecular complexity index is 133. The summed E-state index contributed by atoms with van der Waals surface area (Å²) in [7, 11) is 0. The fraction of sp³-hybridized carbons (Fsp3) is 1.00. The van der Waals surface area contributed by atoms with Crippen LogP contribution in [0, 0.1) is 17.3 Å². The third-order valence-electron chi connectivity index (χ3n) is 4.00. The summed E-state index contributed by atoms with van der Waals surface area (Å²) in [6.07, 6.45) is 7.23. The summed E-state index contributed by atoms with van der Waals surface area (Å²) in [5, 5.41) is 0. The first-order valence-electron chi connectivity index (χ1n) is 5.64. The average Bonchev–Trinajstić information content (AvgIpc) is 2.84. The fourth-order valence-corrected chi connectivity index (χ4v) is 2.33. The molecule has 0 aromatic rings. The van der Waals surface area contributed by atoms with Gasteiger partial charge in [0.05, 0.1) is 0 Å². The molecule has 1 aliphatic rings. The van der Waals surface area contributed by atoms with Gasteiger partial charge >= 0.3 is 0 Å². The van der Waals surface area contributed by atoms with Crippen LogP contribution in [-0.4, -0.2) is 0 Å². The van der Waals surface area contributed by atoms with E-state index in [9.17, 15) is 0 Å². The summed E-state index contributed by atoms with van der Waals surface area (Å²) < 4.78 is 0. The van der Waals surface area contributed by atoms with Crippen LogP contribution < -0.4 is 0 Å². The summed E-state index contributed by atoms with van der Waals surface area (Å²) in [5.74, 6) is 1.91. The van der Waals surface area contributed by atoms with Crippen LogP contribution in [0.2, 0.25) is 0 Å². The van der Waals surface area contributed by atoms with E-state index in [2.05, 4.69) is 27.7 Å². The molecule has 1 fully saturated rings. The van der Waals surface area contributed by atoms with E-state index in [1.165, 1.54) is 32.1 Å². The van der Waals surface area contributed by atoms with Gasteiger partial charge < -0.3 is 0 Å². The molecular weight excluding hydrogens is 144 g/mol. The first-order valence-corrected chi connectivity index (χ1v) is 5.64. The molecule has 0 heteroatoms. The van der Waals surface area contributed by atoms with Crippen molar-refractivity contribution in [2.75, 3.05) is 0 Å². The zero-order chi connectivity index (χ0) is 9.19. The molecule has 1 aliphatic carbocycles. The van der Waals surface area contributed by atoms with Crippen molar-refractivity contribution in [1.82, 2.24) is 0 Å². The summed E-state index contributed by atoms with van der Waals surface area (Å²) in [6.45, 7) is 9.50. The maximum absolute atomic E-state index is 2.44. The molecule has 12 heavy (non-hydrogen) atoms. The topological polar surface area (TPSA) is 0 Å². The lowest BCUT2D eigenvalue weighted by Gasteiger charge is -2.25. The summed E-state index contributed by atoms with van der Waals surface area (Å²) >= 11 is 0. The van der Waals surface area contributed by atoms with E-state index in [-0.39, 0.29) is 0 Å². The van der Waals surface area contributed by atoms with Crippen molar-refractivity contribution in [3.8, 4) is 0 Å². The van der Waals surface area contributed by atoms with Gasteiger partial charge in [-0.15, -0.1) is 0 Å². The molecule has 0 aromatic carbocycles. The molecule has 2 atom stereocenters. The molecule has 1 saturated carbocycles. The minimum atomic E-state index is 0.782. The molecule has 2 unspecified atom stereocenters. The Morgan fingerprint density at radius 1 is 1.08 bits per heavy atom. The first-order chi connectivity index (χ1) is 5.64. The third-order valence-corrected chi connectivity index (χ3v) is 4.00. The number of hydrogen-bond donors (Lipinski definition) is 0. The van der Waals surface area contributed by atoms with Crippen molar-refractivity contribution >= 4 is 0 Å². The van der Waals surface area contributed by atoms with Crippen LogP contribution in [-0.2, 0) is 0 Å². The highest BCUT2D eigenvalue weighted by Gasteiger charge is 2.46. The predicted molar refractivity (Wildman–Crippen MR) is 55.2 cm³/mol. The van der Waals surface area contributed by atoms with E-state index in [0.717, 1.165) is 17.3 Å². The van der Waals surface area contributed by atoms with E-state index >= 15 is 0 Å². The second kappa shape index (κ2) is 3.81. The minimum absolute atomic E-state index is 0.782. The van der Waals surface area contributed by atoms with Gasteiger partial charge in [-0.2, -0.15) is 0 Å². The fourth-order valence-electron chi connectivity index (χ4n) is 2.33. The van der Waals surface area contributed by atoms with Crippen LogP contribution in [0.4, 0.5) is 0 Å². The molecule has 72 valence electrons. The molecule has 1 rings (SSSR count). The maximum Gasteiger partial charge on any atom is -0.0269 e. The minimum Gasteiger partial charge on any atom is -0.0651 e. The lowest BCUT2D eigenvalue weighted by atomic mass is 9.81. The molecule has 0 saturated heterocycles. The lowest BCUT2D eigenvalue weighted by molar-refractivity contribution is 0.256. The van der Waals surface area contributed by atoms with Gasteiger partial charge in [0.25, 0.3) is 0 Å². The Morgan fingerprint density at radius 2 is 1.67 bits per heavy atom. The second-order valence-electron chi connectivity index (χ2n) is 4.89. The second-order valence-corrected chi connectivity index (χ2v) is 4.89. The zero-order valence-corrected chi connectivity index (χ0v) is 9.19. The van der Waals surface area contributed by atoms with Crippen molar-refractivity contribution in [3.05, 3.63) is 0 Å². The summed E-state index contributed by atoms with van der Waals surface area (Å²) in [6, 6.07) is 0. The molecule has 0 heterocycles. The van der Waals surface area contributed by atoms with Gasteiger partial charge in [-0.1, -0.05) is 40.5 Å². The van der Waals surface area contributed by atoms with Crippen LogP contribution in [0.3, 0.4) is 0 Å². The Morgan fingerprint density at radius 3 is 2.00 bits per heavy atom. The van der Waals surface area contributed by atoms with Crippen LogP contribution in [0.1, 0.15) is 59.8 Å². The predicted octanol–water partition coefficient (Wildman–Crippen LogP) is 4.25. The highest BCUT2D eigenvalue weighted by atomic mass is 14.5. The smallest absolute Gasteiger partial charge is 0.0269 e. The van der Waals surface area contributed by atoms with Crippen LogP contribution in [0.25, 0.3) is 0 Å². The van der Waals surface area contributed by atoms with Gasteiger partial charge in [-0.05, 0) is 36.5 Å². The normalized spacial score (nSPS) is 25.0. The molecule has 0 aliphatic heterocycles. The summed E-state index contributed by atoms with van der Waals surface area (Å²) in [4.78, 5) is 0. The highest BCUT2D eigenvalue weighted by molar-refractivity contribution is 4.96. The number of hydrogen-bond acceptors (Lipinski definition) is 0. The Hall–Kier alpha value is 0. The van der Waals surface area contributed by atoms with E-state index in [0.29, 0.717) is 0 Å². The maximum atomic E-state index is 2.44. The Kier molecular flexibility index (Phi) is 3.20. The largest absolute Gasteiger partial charge is 0.0651 e. The molecule has 0 spiro atoms. The molecule has 0 aromatic heterocycles. The Balaban J connectivity index is 2.39. The average molecular weight is 168 g/mol. The van der Waals surface area contributed by atoms with Gasteiger partial charge in [-0.25, -0.2) is 0 Å². The molecule has 0 bridgehead atoms. The van der Waals surface area contributed by atoms with Crippen molar-refractivity contribution < 1.29 is 0 Å². The van der Waals surface area contributed by atoms with Gasteiger partial charge in [0.15, 0.2) is 0 Å². The molecule has 0 radical (unpaired) electrons. The number of rotatable bonds is 5. The van der Waals surface area contributed by atoms with E-state index in [1.54, 1.807) is 0 Å². The van der Waals surface area contributed by atoms with Gasteiger partial charge in [-0.3, -0.25) is 0 Å². The van der Waals surface area contributed by atoms with Gasteiger partial charge in [0.1, 0.15) is 0 Å². The first kappa shape index (κ1) is 10.1.